The van der Waals surface area contributed by atoms with Crippen molar-refractivity contribution < 1.29 is 28.6 Å². The van der Waals surface area contributed by atoms with Crippen LogP contribution in [-0.2, 0) is 23.9 Å². The standard InChI is InChI=1S/C24H27NO6S3/c1-7-29-14-10-11-16-15(12-14)17(20(32)24(5,6)25(16)13(4)26)23-33-18(21(27)30-8-2)19(34-23)22(28)31-9-3/h10-12H,7-9H2,1-6H3. The summed E-state index contributed by atoms with van der Waals surface area (Å²) >= 11 is 8.20. The molecule has 10 heteroatoms. The number of hydrogen-bond donors (Lipinski definition) is 0. The molecule has 0 fully saturated rings. The fourth-order valence-electron chi connectivity index (χ4n) is 3.83. The van der Waals surface area contributed by atoms with Gasteiger partial charge in [0.2, 0.25) is 5.91 Å². The molecular weight excluding hydrogens is 494 g/mol. The summed E-state index contributed by atoms with van der Waals surface area (Å²) in [7, 11) is 0. The first-order valence-electron chi connectivity index (χ1n) is 10.9. The van der Waals surface area contributed by atoms with Crippen LogP contribution in [0, 0.1) is 0 Å². The lowest BCUT2D eigenvalue weighted by Crippen LogP contribution is -2.55. The number of fused-ring (bicyclic) bond motifs is 1. The van der Waals surface area contributed by atoms with Crippen LogP contribution in [0.5, 0.6) is 5.75 Å². The maximum Gasteiger partial charge on any atom is 0.346 e. The van der Waals surface area contributed by atoms with Crippen molar-refractivity contribution in [2.24, 2.45) is 0 Å². The first kappa shape index (κ1) is 26.3. The second kappa shape index (κ2) is 10.5. The molecule has 1 aromatic carbocycles. The van der Waals surface area contributed by atoms with E-state index in [1.165, 1.54) is 6.92 Å². The summed E-state index contributed by atoms with van der Waals surface area (Å²) in [6.07, 6.45) is 0. The molecule has 0 spiro atoms. The first-order valence-corrected chi connectivity index (χ1v) is 12.9. The topological polar surface area (TPSA) is 82.1 Å². The van der Waals surface area contributed by atoms with Crippen LogP contribution in [0.4, 0.5) is 5.69 Å². The van der Waals surface area contributed by atoms with Crippen LogP contribution in [0.15, 0.2) is 32.2 Å². The number of nitrogens with zero attached hydrogens (tertiary/aromatic N) is 1. The monoisotopic (exact) mass is 521 g/mol. The zero-order chi connectivity index (χ0) is 25.2. The SMILES string of the molecule is CCOC(=O)C1=C(C(=O)OCC)SC(=C2C(=S)C(C)(C)N(C(C)=O)c3ccc(OCC)cc32)S1. The zero-order valence-corrected chi connectivity index (χ0v) is 22.4. The van der Waals surface area contributed by atoms with E-state index in [-0.39, 0.29) is 28.9 Å². The molecule has 3 rings (SSSR count). The van der Waals surface area contributed by atoms with Gasteiger partial charge in [0.15, 0.2) is 0 Å². The van der Waals surface area contributed by atoms with Crippen LogP contribution < -0.4 is 9.64 Å². The third kappa shape index (κ3) is 4.76. The van der Waals surface area contributed by atoms with E-state index < -0.39 is 17.5 Å². The Morgan fingerprint density at radius 1 is 0.971 bits per heavy atom. The third-order valence-corrected chi connectivity index (χ3v) is 8.43. The Hall–Kier alpha value is -2.30. The molecule has 0 aromatic heterocycles. The Kier molecular flexibility index (Phi) is 8.15. The summed E-state index contributed by atoms with van der Waals surface area (Å²) in [6, 6.07) is 5.49. The predicted octanol–water partition coefficient (Wildman–Crippen LogP) is 5.09. The molecule has 1 aromatic rings. The summed E-state index contributed by atoms with van der Waals surface area (Å²) in [5.74, 6) is -0.699. The van der Waals surface area contributed by atoms with Crippen LogP contribution in [0.1, 0.15) is 47.1 Å². The van der Waals surface area contributed by atoms with E-state index in [1.54, 1.807) is 18.7 Å². The number of anilines is 1. The minimum atomic E-state index is -0.818. The number of carbonyl (C=O) groups excluding carboxylic acids is 3. The molecule has 182 valence electrons. The number of benzene rings is 1. The van der Waals surface area contributed by atoms with Crippen molar-refractivity contribution in [1.29, 1.82) is 0 Å². The fourth-order valence-corrected chi connectivity index (χ4v) is 6.81. The van der Waals surface area contributed by atoms with Crippen molar-refractivity contribution >= 4 is 69.7 Å². The molecule has 1 amide bonds. The smallest absolute Gasteiger partial charge is 0.346 e. The molecule has 2 aliphatic rings. The molecule has 0 saturated heterocycles. The Morgan fingerprint density at radius 3 is 2.00 bits per heavy atom. The summed E-state index contributed by atoms with van der Waals surface area (Å²) in [5, 5.41) is 0. The molecule has 0 N–H and O–H groups in total. The summed E-state index contributed by atoms with van der Waals surface area (Å²) in [4.78, 5) is 40.6. The Bertz CT molecular complexity index is 1090. The quantitative estimate of drug-likeness (QED) is 0.289. The highest BCUT2D eigenvalue weighted by molar-refractivity contribution is 8.29. The second-order valence-corrected chi connectivity index (χ2v) is 10.5. The average molecular weight is 522 g/mol. The van der Waals surface area contributed by atoms with Gasteiger partial charge in [-0.1, -0.05) is 35.7 Å². The number of thiocarbonyl (C=S) groups is 1. The molecule has 0 unspecified atom stereocenters. The van der Waals surface area contributed by atoms with Gasteiger partial charge in [-0.25, -0.2) is 9.59 Å². The summed E-state index contributed by atoms with van der Waals surface area (Å²) in [5.41, 5.74) is 1.25. The number of esters is 2. The van der Waals surface area contributed by atoms with Crippen LogP contribution in [0.2, 0.25) is 0 Å². The highest BCUT2D eigenvalue weighted by Gasteiger charge is 2.45. The molecule has 2 aliphatic heterocycles. The average Bonchev–Trinajstić information content (AvgIpc) is 3.20. The van der Waals surface area contributed by atoms with Crippen molar-refractivity contribution in [3.8, 4) is 5.75 Å². The first-order chi connectivity index (χ1) is 16.1. The maximum atomic E-state index is 12.7. The number of rotatable bonds is 6. The lowest BCUT2D eigenvalue weighted by Gasteiger charge is -2.44. The van der Waals surface area contributed by atoms with E-state index in [0.717, 1.165) is 23.5 Å². The van der Waals surface area contributed by atoms with Gasteiger partial charge >= 0.3 is 11.9 Å². The van der Waals surface area contributed by atoms with Crippen LogP contribution >= 0.6 is 35.7 Å². The van der Waals surface area contributed by atoms with E-state index in [1.807, 2.05) is 39.0 Å². The van der Waals surface area contributed by atoms with Gasteiger partial charge in [0.1, 0.15) is 15.6 Å². The van der Waals surface area contributed by atoms with Crippen LogP contribution in [0.25, 0.3) is 5.57 Å². The molecule has 0 radical (unpaired) electrons. The number of amides is 1. The fraction of sp³-hybridized carbons (Fsp3) is 0.417. The van der Waals surface area contributed by atoms with Gasteiger partial charge in [0.25, 0.3) is 0 Å². The minimum Gasteiger partial charge on any atom is -0.494 e. The Morgan fingerprint density at radius 2 is 1.53 bits per heavy atom. The van der Waals surface area contributed by atoms with E-state index in [4.69, 9.17) is 26.4 Å². The van der Waals surface area contributed by atoms with E-state index in [9.17, 15) is 14.4 Å². The lowest BCUT2D eigenvalue weighted by atomic mass is 9.83. The largest absolute Gasteiger partial charge is 0.494 e. The van der Waals surface area contributed by atoms with Crippen LogP contribution in [-0.4, -0.2) is 48.1 Å². The van der Waals surface area contributed by atoms with Gasteiger partial charge in [-0.15, -0.1) is 0 Å². The Balaban J connectivity index is 2.24. The second-order valence-electron chi connectivity index (χ2n) is 7.82. The van der Waals surface area contributed by atoms with Crippen molar-refractivity contribution in [1.82, 2.24) is 0 Å². The van der Waals surface area contributed by atoms with Crippen molar-refractivity contribution in [2.75, 3.05) is 24.7 Å². The number of carbonyl (C=O) groups is 3. The molecule has 7 nitrogen and oxygen atoms in total. The van der Waals surface area contributed by atoms with Gasteiger partial charge in [0.05, 0.1) is 40.1 Å². The van der Waals surface area contributed by atoms with E-state index in [2.05, 4.69) is 0 Å². The molecule has 0 aliphatic carbocycles. The highest BCUT2D eigenvalue weighted by atomic mass is 32.2. The van der Waals surface area contributed by atoms with E-state index >= 15 is 0 Å². The lowest BCUT2D eigenvalue weighted by molar-refractivity contribution is -0.140. The number of thioether (sulfide) groups is 2. The minimum absolute atomic E-state index is 0.147. The number of ether oxygens (including phenoxy) is 3. The summed E-state index contributed by atoms with van der Waals surface area (Å²) in [6.45, 7) is 11.4. The van der Waals surface area contributed by atoms with E-state index in [0.29, 0.717) is 38.3 Å². The van der Waals surface area contributed by atoms with Crippen molar-refractivity contribution in [2.45, 2.75) is 47.1 Å². The van der Waals surface area contributed by atoms with Crippen molar-refractivity contribution in [3.05, 3.63) is 37.8 Å². The predicted molar refractivity (Wildman–Crippen MR) is 140 cm³/mol. The van der Waals surface area contributed by atoms with Crippen LogP contribution in [0.3, 0.4) is 0 Å². The maximum absolute atomic E-state index is 12.7. The Labute approximate surface area is 213 Å². The van der Waals surface area contributed by atoms with Gasteiger partial charge in [-0.3, -0.25) is 4.79 Å². The third-order valence-electron chi connectivity index (χ3n) is 5.17. The number of hydrogen-bond acceptors (Lipinski definition) is 9. The van der Waals surface area contributed by atoms with Gasteiger partial charge in [0, 0.05) is 18.1 Å². The van der Waals surface area contributed by atoms with Gasteiger partial charge in [-0.05, 0) is 52.8 Å². The normalized spacial score (nSPS) is 17.0. The molecular formula is C24H27NO6S3. The van der Waals surface area contributed by atoms with Gasteiger partial charge < -0.3 is 19.1 Å². The molecule has 34 heavy (non-hydrogen) atoms. The summed E-state index contributed by atoms with van der Waals surface area (Å²) < 4.78 is 16.7. The zero-order valence-electron chi connectivity index (χ0n) is 20.0. The van der Waals surface area contributed by atoms with Gasteiger partial charge in [-0.2, -0.15) is 0 Å². The molecule has 0 saturated carbocycles. The molecule has 2 heterocycles. The highest BCUT2D eigenvalue weighted by Crippen LogP contribution is 2.56. The molecule has 0 bridgehead atoms. The molecule has 0 atom stereocenters. The van der Waals surface area contributed by atoms with Crippen molar-refractivity contribution in [3.63, 3.8) is 0 Å².